The molecule has 0 atom stereocenters. The monoisotopic (exact) mass is 179 g/mol. The number of benzene rings is 1. The molecule has 0 fully saturated rings. The molecule has 0 aliphatic carbocycles. The van der Waals surface area contributed by atoms with Crippen LogP contribution in [0.15, 0.2) is 18.2 Å². The molecule has 0 radical (unpaired) electrons. The Balaban J connectivity index is 3.26. The Hall–Kier alpha value is -1.51. The Labute approximate surface area is 77.6 Å². The van der Waals surface area contributed by atoms with Gasteiger partial charge in [0.15, 0.2) is 0 Å². The number of rotatable bonds is 2. The quantitative estimate of drug-likeness (QED) is 0.752. The summed E-state index contributed by atoms with van der Waals surface area (Å²) in [6.07, 6.45) is 0. The first-order valence-electron chi connectivity index (χ1n) is 4.03. The Bertz CT molecular complexity index is 332. The first kappa shape index (κ1) is 9.58. The minimum Gasteiger partial charge on any atom is -0.478 e. The van der Waals surface area contributed by atoms with Crippen molar-refractivity contribution in [3.05, 3.63) is 29.3 Å². The number of nitrogens with zero attached hydrogens (tertiary/aromatic N) is 1. The van der Waals surface area contributed by atoms with E-state index in [-0.39, 0.29) is 0 Å². The number of hydrogen-bond acceptors (Lipinski definition) is 2. The number of aromatic carboxylic acids is 1. The molecule has 3 heteroatoms. The molecule has 13 heavy (non-hydrogen) atoms. The first-order valence-corrected chi connectivity index (χ1v) is 4.03. The van der Waals surface area contributed by atoms with E-state index in [4.69, 9.17) is 5.11 Å². The third-order valence-corrected chi connectivity index (χ3v) is 1.87. The van der Waals surface area contributed by atoms with Crippen molar-refractivity contribution < 1.29 is 9.90 Å². The maximum absolute atomic E-state index is 10.8. The van der Waals surface area contributed by atoms with E-state index in [9.17, 15) is 4.79 Å². The van der Waals surface area contributed by atoms with Gasteiger partial charge in [-0.15, -0.1) is 0 Å². The summed E-state index contributed by atoms with van der Waals surface area (Å²) < 4.78 is 0. The highest BCUT2D eigenvalue weighted by Gasteiger charge is 2.10. The zero-order valence-electron chi connectivity index (χ0n) is 8.03. The van der Waals surface area contributed by atoms with Gasteiger partial charge < -0.3 is 10.0 Å². The summed E-state index contributed by atoms with van der Waals surface area (Å²) in [4.78, 5) is 12.6. The van der Waals surface area contributed by atoms with Gasteiger partial charge in [-0.1, -0.05) is 6.07 Å². The molecule has 0 heterocycles. The van der Waals surface area contributed by atoms with Crippen LogP contribution in [-0.2, 0) is 0 Å². The van der Waals surface area contributed by atoms with Crippen molar-refractivity contribution in [1.82, 2.24) is 0 Å². The van der Waals surface area contributed by atoms with Gasteiger partial charge in [0.05, 0.1) is 11.3 Å². The van der Waals surface area contributed by atoms with Crippen molar-refractivity contribution in [3.8, 4) is 0 Å². The van der Waals surface area contributed by atoms with Crippen LogP contribution >= 0.6 is 0 Å². The maximum atomic E-state index is 10.8. The molecule has 1 aromatic rings. The standard InChI is InChI=1S/C10H13NO2/c1-7-4-5-8(10(12)13)9(6-7)11(2)3/h4-6H,1-3H3,(H,12,13). The molecule has 0 unspecified atom stereocenters. The minimum atomic E-state index is -0.885. The van der Waals surface area contributed by atoms with Crippen LogP contribution in [0.25, 0.3) is 0 Å². The summed E-state index contributed by atoms with van der Waals surface area (Å²) in [5, 5.41) is 8.88. The molecule has 0 amide bonds. The molecule has 3 nitrogen and oxygen atoms in total. The van der Waals surface area contributed by atoms with Crippen molar-refractivity contribution in [3.63, 3.8) is 0 Å². The van der Waals surface area contributed by atoms with Crippen LogP contribution in [0.4, 0.5) is 5.69 Å². The summed E-state index contributed by atoms with van der Waals surface area (Å²) in [6, 6.07) is 5.30. The predicted molar refractivity (Wildman–Crippen MR) is 52.5 cm³/mol. The third kappa shape index (κ3) is 1.99. The molecule has 1 aromatic carbocycles. The van der Waals surface area contributed by atoms with E-state index in [1.54, 1.807) is 17.0 Å². The number of hydrogen-bond donors (Lipinski definition) is 1. The van der Waals surface area contributed by atoms with Gasteiger partial charge in [0.1, 0.15) is 0 Å². The molecule has 0 saturated carbocycles. The average molecular weight is 179 g/mol. The highest BCUT2D eigenvalue weighted by atomic mass is 16.4. The second kappa shape index (κ2) is 3.47. The number of carbonyl (C=O) groups is 1. The lowest BCUT2D eigenvalue weighted by molar-refractivity contribution is 0.0697. The summed E-state index contributed by atoms with van der Waals surface area (Å²) in [6.45, 7) is 1.94. The molecule has 1 N–H and O–H groups in total. The number of carboxylic acids is 1. The second-order valence-corrected chi connectivity index (χ2v) is 3.22. The van der Waals surface area contributed by atoms with Crippen LogP contribution in [0.2, 0.25) is 0 Å². The zero-order valence-corrected chi connectivity index (χ0v) is 8.03. The van der Waals surface area contributed by atoms with Crippen LogP contribution in [0.1, 0.15) is 15.9 Å². The highest BCUT2D eigenvalue weighted by Crippen LogP contribution is 2.19. The minimum absolute atomic E-state index is 0.343. The van der Waals surface area contributed by atoms with Gasteiger partial charge in [-0.3, -0.25) is 0 Å². The largest absolute Gasteiger partial charge is 0.478 e. The fourth-order valence-electron chi connectivity index (χ4n) is 1.19. The lowest BCUT2D eigenvalue weighted by Crippen LogP contribution is -2.13. The molecule has 70 valence electrons. The van der Waals surface area contributed by atoms with E-state index in [0.29, 0.717) is 5.56 Å². The number of anilines is 1. The van der Waals surface area contributed by atoms with Gasteiger partial charge in [-0.05, 0) is 24.6 Å². The van der Waals surface area contributed by atoms with Crippen LogP contribution in [-0.4, -0.2) is 25.2 Å². The van der Waals surface area contributed by atoms with Crippen molar-refractivity contribution in [2.45, 2.75) is 6.92 Å². The second-order valence-electron chi connectivity index (χ2n) is 3.22. The van der Waals surface area contributed by atoms with Crippen LogP contribution < -0.4 is 4.90 Å². The molecule has 0 aromatic heterocycles. The Morgan fingerprint density at radius 1 is 1.38 bits per heavy atom. The predicted octanol–water partition coefficient (Wildman–Crippen LogP) is 1.76. The highest BCUT2D eigenvalue weighted by molar-refractivity contribution is 5.94. The Morgan fingerprint density at radius 3 is 2.46 bits per heavy atom. The number of carboxylic acid groups (broad SMARTS) is 1. The average Bonchev–Trinajstić information content (AvgIpc) is 2.03. The lowest BCUT2D eigenvalue weighted by atomic mass is 10.1. The topological polar surface area (TPSA) is 40.5 Å². The van der Waals surface area contributed by atoms with Gasteiger partial charge in [0.2, 0.25) is 0 Å². The molecule has 0 spiro atoms. The van der Waals surface area contributed by atoms with E-state index >= 15 is 0 Å². The lowest BCUT2D eigenvalue weighted by Gasteiger charge is -2.15. The molecular weight excluding hydrogens is 166 g/mol. The normalized spacial score (nSPS) is 9.77. The van der Waals surface area contributed by atoms with Gasteiger partial charge in [-0.2, -0.15) is 0 Å². The summed E-state index contributed by atoms with van der Waals surface area (Å²) in [5.74, 6) is -0.885. The van der Waals surface area contributed by atoms with E-state index < -0.39 is 5.97 Å². The molecule has 1 rings (SSSR count). The van der Waals surface area contributed by atoms with Crippen molar-refractivity contribution in [2.24, 2.45) is 0 Å². The zero-order chi connectivity index (χ0) is 10.0. The van der Waals surface area contributed by atoms with E-state index in [1.165, 1.54) is 0 Å². The van der Waals surface area contributed by atoms with Crippen molar-refractivity contribution in [2.75, 3.05) is 19.0 Å². The van der Waals surface area contributed by atoms with E-state index in [1.807, 2.05) is 27.1 Å². The Kier molecular flexibility index (Phi) is 2.56. The van der Waals surface area contributed by atoms with E-state index in [2.05, 4.69) is 0 Å². The van der Waals surface area contributed by atoms with Crippen molar-refractivity contribution in [1.29, 1.82) is 0 Å². The van der Waals surface area contributed by atoms with Crippen LogP contribution in [0.3, 0.4) is 0 Å². The molecule has 0 aliphatic rings. The molecule has 0 aliphatic heterocycles. The third-order valence-electron chi connectivity index (χ3n) is 1.87. The molecular formula is C10H13NO2. The fraction of sp³-hybridized carbons (Fsp3) is 0.300. The summed E-state index contributed by atoms with van der Waals surface area (Å²) in [7, 11) is 3.67. The molecule has 0 saturated heterocycles. The van der Waals surface area contributed by atoms with E-state index in [0.717, 1.165) is 11.3 Å². The maximum Gasteiger partial charge on any atom is 0.337 e. The van der Waals surface area contributed by atoms with Gasteiger partial charge >= 0.3 is 5.97 Å². The SMILES string of the molecule is Cc1ccc(C(=O)O)c(N(C)C)c1. The molecule has 0 bridgehead atoms. The van der Waals surface area contributed by atoms with Gasteiger partial charge in [0, 0.05) is 14.1 Å². The first-order chi connectivity index (χ1) is 6.02. The van der Waals surface area contributed by atoms with Gasteiger partial charge in [0.25, 0.3) is 0 Å². The number of aryl methyl sites for hydroxylation is 1. The van der Waals surface area contributed by atoms with Crippen LogP contribution in [0.5, 0.6) is 0 Å². The van der Waals surface area contributed by atoms with Gasteiger partial charge in [-0.25, -0.2) is 4.79 Å². The fourth-order valence-corrected chi connectivity index (χ4v) is 1.19. The smallest absolute Gasteiger partial charge is 0.337 e. The Morgan fingerprint density at radius 2 is 2.00 bits per heavy atom. The summed E-state index contributed by atoms with van der Waals surface area (Å²) >= 11 is 0. The van der Waals surface area contributed by atoms with Crippen molar-refractivity contribution >= 4 is 11.7 Å². The summed E-state index contributed by atoms with van der Waals surface area (Å²) in [5.41, 5.74) is 2.15. The van der Waals surface area contributed by atoms with Crippen LogP contribution in [0, 0.1) is 6.92 Å².